The Bertz CT molecular complexity index is 869. The van der Waals surface area contributed by atoms with Crippen molar-refractivity contribution >= 4 is 11.6 Å². The van der Waals surface area contributed by atoms with Gasteiger partial charge in [-0.25, -0.2) is 0 Å². The van der Waals surface area contributed by atoms with Crippen LogP contribution in [0.25, 0.3) is 11.3 Å². The van der Waals surface area contributed by atoms with E-state index in [0.29, 0.717) is 18.7 Å². The van der Waals surface area contributed by atoms with Crippen LogP contribution in [-0.4, -0.2) is 41.1 Å². The summed E-state index contributed by atoms with van der Waals surface area (Å²) in [5.41, 5.74) is 3.42. The highest BCUT2D eigenvalue weighted by Crippen LogP contribution is 2.44. The Balaban J connectivity index is 1.50. The first kappa shape index (κ1) is 18.9. The van der Waals surface area contributed by atoms with Crippen molar-refractivity contribution in [1.29, 1.82) is 0 Å². The summed E-state index contributed by atoms with van der Waals surface area (Å²) in [7, 11) is 0. The van der Waals surface area contributed by atoms with E-state index in [1.165, 1.54) is 4.90 Å². The van der Waals surface area contributed by atoms with E-state index in [4.69, 9.17) is 0 Å². The Kier molecular flexibility index (Phi) is 4.87. The van der Waals surface area contributed by atoms with E-state index in [-0.39, 0.29) is 23.8 Å². The minimum absolute atomic E-state index is 0.00643. The first-order valence-corrected chi connectivity index (χ1v) is 9.45. The largest absolute Gasteiger partial charge is 0.401 e. The SMILES string of the molecule is Cc1ccc(NC(=O)[C@@H]2[C@@H]3CC[C@H]2N(CC(F)(F)F)C3)cc1-c1ccccn1. The van der Waals surface area contributed by atoms with Crippen LogP contribution in [0.1, 0.15) is 18.4 Å². The molecule has 2 fully saturated rings. The number of piperidine rings is 1. The monoisotopic (exact) mass is 389 g/mol. The lowest BCUT2D eigenvalue weighted by molar-refractivity contribution is -0.150. The Hall–Kier alpha value is -2.41. The number of amides is 1. The molecule has 1 aromatic heterocycles. The maximum absolute atomic E-state index is 12.9. The summed E-state index contributed by atoms with van der Waals surface area (Å²) in [5.74, 6) is -0.581. The summed E-state index contributed by atoms with van der Waals surface area (Å²) in [6, 6.07) is 10.9. The Morgan fingerprint density at radius 1 is 1.25 bits per heavy atom. The predicted molar refractivity (Wildman–Crippen MR) is 101 cm³/mol. The van der Waals surface area contributed by atoms with Gasteiger partial charge in [-0.15, -0.1) is 0 Å². The van der Waals surface area contributed by atoms with Crippen LogP contribution in [-0.2, 0) is 4.79 Å². The number of nitrogens with zero attached hydrogens (tertiary/aromatic N) is 2. The van der Waals surface area contributed by atoms with Crippen molar-refractivity contribution in [2.45, 2.75) is 32.0 Å². The van der Waals surface area contributed by atoms with E-state index in [0.717, 1.165) is 23.2 Å². The first-order valence-electron chi connectivity index (χ1n) is 9.45. The number of halogens is 3. The molecular weight excluding hydrogens is 367 g/mol. The third-order valence-electron chi connectivity index (χ3n) is 5.82. The summed E-state index contributed by atoms with van der Waals surface area (Å²) in [6.07, 6.45) is -1.07. The number of nitrogens with one attached hydrogen (secondary N) is 1. The number of aryl methyl sites for hydroxylation is 1. The molecule has 0 radical (unpaired) electrons. The lowest BCUT2D eigenvalue weighted by Gasteiger charge is -2.27. The zero-order valence-corrected chi connectivity index (χ0v) is 15.5. The molecule has 4 rings (SSSR count). The summed E-state index contributed by atoms with van der Waals surface area (Å²) in [4.78, 5) is 18.7. The number of hydrogen-bond donors (Lipinski definition) is 1. The number of hydrogen-bond acceptors (Lipinski definition) is 3. The van der Waals surface area contributed by atoms with Crippen molar-refractivity contribution in [2.75, 3.05) is 18.4 Å². The molecule has 1 saturated heterocycles. The molecule has 0 spiro atoms. The zero-order valence-electron chi connectivity index (χ0n) is 15.5. The molecule has 1 aromatic carbocycles. The van der Waals surface area contributed by atoms with Crippen LogP contribution in [0.4, 0.5) is 18.9 Å². The first-order chi connectivity index (χ1) is 13.3. The Morgan fingerprint density at radius 3 is 2.79 bits per heavy atom. The van der Waals surface area contributed by atoms with E-state index in [9.17, 15) is 18.0 Å². The van der Waals surface area contributed by atoms with Gasteiger partial charge in [0.1, 0.15) is 0 Å². The molecule has 2 aliphatic rings. The van der Waals surface area contributed by atoms with Crippen molar-refractivity contribution < 1.29 is 18.0 Å². The van der Waals surface area contributed by atoms with Gasteiger partial charge in [0, 0.05) is 30.0 Å². The average molecular weight is 389 g/mol. The molecule has 2 bridgehead atoms. The molecule has 1 aliphatic carbocycles. The van der Waals surface area contributed by atoms with E-state index >= 15 is 0 Å². The van der Waals surface area contributed by atoms with Gasteiger partial charge in [0.05, 0.1) is 18.2 Å². The van der Waals surface area contributed by atoms with Gasteiger partial charge in [0.15, 0.2) is 0 Å². The molecule has 2 aromatic rings. The normalized spacial score (nSPS) is 24.5. The number of carbonyl (C=O) groups excluding carboxylic acids is 1. The molecule has 0 unspecified atom stereocenters. The van der Waals surface area contributed by atoms with Gasteiger partial charge >= 0.3 is 6.18 Å². The van der Waals surface area contributed by atoms with Gasteiger partial charge in [0.25, 0.3) is 0 Å². The molecule has 7 heteroatoms. The van der Waals surface area contributed by atoms with Gasteiger partial charge in [-0.3, -0.25) is 14.7 Å². The number of alkyl halides is 3. The van der Waals surface area contributed by atoms with Crippen molar-refractivity contribution in [2.24, 2.45) is 11.8 Å². The van der Waals surface area contributed by atoms with Gasteiger partial charge < -0.3 is 5.32 Å². The molecule has 28 heavy (non-hydrogen) atoms. The highest BCUT2D eigenvalue weighted by atomic mass is 19.4. The second-order valence-electron chi connectivity index (χ2n) is 7.71. The van der Waals surface area contributed by atoms with Crippen LogP contribution in [0.3, 0.4) is 0 Å². The van der Waals surface area contributed by atoms with E-state index < -0.39 is 12.7 Å². The maximum atomic E-state index is 12.9. The third kappa shape index (κ3) is 3.76. The average Bonchev–Trinajstić information content (AvgIpc) is 3.20. The lowest BCUT2D eigenvalue weighted by Crippen LogP contribution is -2.41. The number of anilines is 1. The van der Waals surface area contributed by atoms with E-state index in [1.807, 2.05) is 43.3 Å². The van der Waals surface area contributed by atoms with Crippen molar-refractivity contribution in [3.8, 4) is 11.3 Å². The second-order valence-corrected chi connectivity index (χ2v) is 7.71. The molecule has 1 aliphatic heterocycles. The number of rotatable bonds is 4. The molecule has 1 saturated carbocycles. The highest BCUT2D eigenvalue weighted by molar-refractivity contribution is 5.94. The predicted octanol–water partition coefficient (Wildman–Crippen LogP) is 4.27. The fourth-order valence-electron chi connectivity index (χ4n) is 4.63. The number of fused-ring (bicyclic) bond motifs is 2. The lowest BCUT2D eigenvalue weighted by atomic mass is 9.97. The minimum Gasteiger partial charge on any atom is -0.326 e. The zero-order chi connectivity index (χ0) is 19.9. The van der Waals surface area contributed by atoms with Crippen LogP contribution in [0.5, 0.6) is 0 Å². The maximum Gasteiger partial charge on any atom is 0.401 e. The van der Waals surface area contributed by atoms with Crippen LogP contribution in [0.15, 0.2) is 42.6 Å². The number of carbonyl (C=O) groups is 1. The van der Waals surface area contributed by atoms with Crippen LogP contribution in [0, 0.1) is 18.8 Å². The summed E-state index contributed by atoms with van der Waals surface area (Å²) in [5, 5.41) is 2.93. The molecule has 4 nitrogen and oxygen atoms in total. The van der Waals surface area contributed by atoms with Gasteiger partial charge in [0.2, 0.25) is 5.91 Å². The van der Waals surface area contributed by atoms with Gasteiger partial charge in [-0.2, -0.15) is 13.2 Å². The number of pyridine rings is 1. The third-order valence-corrected chi connectivity index (χ3v) is 5.82. The van der Waals surface area contributed by atoms with Crippen molar-refractivity contribution in [3.63, 3.8) is 0 Å². The molecule has 1 N–H and O–H groups in total. The Morgan fingerprint density at radius 2 is 2.07 bits per heavy atom. The van der Waals surface area contributed by atoms with Gasteiger partial charge in [-0.05, 0) is 55.5 Å². The fraction of sp³-hybridized carbons (Fsp3) is 0.429. The highest BCUT2D eigenvalue weighted by Gasteiger charge is 2.52. The minimum atomic E-state index is -4.24. The smallest absolute Gasteiger partial charge is 0.326 e. The van der Waals surface area contributed by atoms with Gasteiger partial charge in [-0.1, -0.05) is 12.1 Å². The molecular formula is C21H22F3N3O. The molecule has 148 valence electrons. The molecule has 1 amide bonds. The fourth-order valence-corrected chi connectivity index (χ4v) is 4.63. The van der Waals surface area contributed by atoms with Crippen molar-refractivity contribution in [3.05, 3.63) is 48.2 Å². The number of benzene rings is 1. The second kappa shape index (κ2) is 7.20. The summed E-state index contributed by atoms with van der Waals surface area (Å²) < 4.78 is 38.4. The number of likely N-dealkylation sites (tertiary alicyclic amines) is 1. The van der Waals surface area contributed by atoms with Crippen molar-refractivity contribution in [1.82, 2.24) is 9.88 Å². The van der Waals surface area contributed by atoms with E-state index in [1.54, 1.807) is 6.20 Å². The molecule has 3 atom stereocenters. The topological polar surface area (TPSA) is 45.2 Å². The van der Waals surface area contributed by atoms with E-state index in [2.05, 4.69) is 10.3 Å². The number of aromatic nitrogens is 1. The Labute approximate surface area is 161 Å². The molecule has 2 heterocycles. The standard InChI is InChI=1S/C21H22F3N3O/c1-13-5-7-15(10-16(13)17-4-2-3-9-25-17)26-20(28)19-14-6-8-18(19)27(11-14)12-21(22,23)24/h2-5,7,9-10,14,18-19H,6,8,11-12H2,1H3,(H,26,28)/t14-,18-,19-/m1/s1. The summed E-state index contributed by atoms with van der Waals surface area (Å²) in [6.45, 7) is 1.38. The quantitative estimate of drug-likeness (QED) is 0.850. The summed E-state index contributed by atoms with van der Waals surface area (Å²) >= 11 is 0. The van der Waals surface area contributed by atoms with Crippen LogP contribution in [0.2, 0.25) is 0 Å². The van der Waals surface area contributed by atoms with Crippen LogP contribution >= 0.6 is 0 Å². The van der Waals surface area contributed by atoms with Crippen LogP contribution < -0.4 is 5.32 Å².